The molecule has 0 aliphatic carbocycles. The van der Waals surface area contributed by atoms with Crippen LogP contribution in [0.3, 0.4) is 0 Å². The molecular formula is C13H9ClN2O. The smallest absolute Gasteiger partial charge is 0.177 e. The van der Waals surface area contributed by atoms with E-state index < -0.39 is 0 Å². The van der Waals surface area contributed by atoms with Crippen molar-refractivity contribution < 1.29 is 5.21 Å². The van der Waals surface area contributed by atoms with Crippen LogP contribution in [0.5, 0.6) is 0 Å². The minimum atomic E-state index is 0.469. The molecule has 4 heteroatoms. The van der Waals surface area contributed by atoms with Crippen molar-refractivity contribution in [2.24, 2.45) is 0 Å². The number of fused-ring (bicyclic) bond motifs is 1. The Labute approximate surface area is 103 Å². The average Bonchev–Trinajstić information content (AvgIpc) is 2.70. The van der Waals surface area contributed by atoms with Crippen molar-refractivity contribution in [3.05, 3.63) is 53.7 Å². The third-order valence-corrected chi connectivity index (χ3v) is 3.02. The van der Waals surface area contributed by atoms with Gasteiger partial charge < -0.3 is 5.21 Å². The quantitative estimate of drug-likeness (QED) is 0.665. The second-order valence-corrected chi connectivity index (χ2v) is 4.14. The number of benzene rings is 1. The molecule has 0 amide bonds. The van der Waals surface area contributed by atoms with E-state index in [4.69, 9.17) is 11.6 Å². The molecule has 0 fully saturated rings. The first kappa shape index (κ1) is 10.2. The van der Waals surface area contributed by atoms with Gasteiger partial charge >= 0.3 is 0 Å². The van der Waals surface area contributed by atoms with E-state index in [1.807, 2.05) is 36.4 Å². The molecule has 0 bridgehead atoms. The number of nitrogens with zero attached hydrogens (tertiary/aromatic N) is 2. The van der Waals surface area contributed by atoms with Gasteiger partial charge in [-0.2, -0.15) is 4.73 Å². The molecule has 0 radical (unpaired) electrons. The van der Waals surface area contributed by atoms with Crippen molar-refractivity contribution in [3.8, 4) is 11.3 Å². The van der Waals surface area contributed by atoms with Crippen molar-refractivity contribution in [1.82, 2.24) is 9.71 Å². The Morgan fingerprint density at radius 1 is 1.12 bits per heavy atom. The van der Waals surface area contributed by atoms with Crippen LogP contribution in [0.1, 0.15) is 0 Å². The second-order valence-electron chi connectivity index (χ2n) is 3.74. The van der Waals surface area contributed by atoms with Gasteiger partial charge in [-0.1, -0.05) is 41.9 Å². The summed E-state index contributed by atoms with van der Waals surface area (Å²) >= 11 is 6.07. The number of hydrogen-bond donors (Lipinski definition) is 1. The maximum Gasteiger partial charge on any atom is 0.177 e. The molecule has 0 spiro atoms. The summed E-state index contributed by atoms with van der Waals surface area (Å²) in [6.07, 6.45) is 1.58. The van der Waals surface area contributed by atoms with Crippen LogP contribution in [0.4, 0.5) is 0 Å². The highest BCUT2D eigenvalue weighted by Gasteiger charge is 2.12. The fourth-order valence-corrected chi connectivity index (χ4v) is 2.06. The van der Waals surface area contributed by atoms with Crippen molar-refractivity contribution in [2.75, 3.05) is 0 Å². The first-order chi connectivity index (χ1) is 8.27. The van der Waals surface area contributed by atoms with E-state index >= 15 is 0 Å². The van der Waals surface area contributed by atoms with Gasteiger partial charge in [-0.25, -0.2) is 4.98 Å². The minimum Gasteiger partial charge on any atom is -0.426 e. The van der Waals surface area contributed by atoms with Crippen molar-refractivity contribution >= 4 is 22.6 Å². The van der Waals surface area contributed by atoms with Crippen LogP contribution in [0.25, 0.3) is 22.3 Å². The van der Waals surface area contributed by atoms with E-state index in [1.165, 1.54) is 0 Å². The van der Waals surface area contributed by atoms with E-state index in [-0.39, 0.29) is 0 Å². The summed E-state index contributed by atoms with van der Waals surface area (Å²) in [5.41, 5.74) is 2.07. The molecule has 3 aromatic rings. The van der Waals surface area contributed by atoms with E-state index in [1.54, 1.807) is 12.3 Å². The number of rotatable bonds is 1. The van der Waals surface area contributed by atoms with E-state index in [0.717, 1.165) is 15.7 Å². The minimum absolute atomic E-state index is 0.469. The summed E-state index contributed by atoms with van der Waals surface area (Å²) in [6, 6.07) is 13.2. The monoisotopic (exact) mass is 244 g/mol. The summed E-state index contributed by atoms with van der Waals surface area (Å²) < 4.78 is 1.07. The lowest BCUT2D eigenvalue weighted by Gasteiger charge is -2.01. The Bertz CT molecular complexity index is 676. The molecule has 3 rings (SSSR count). The summed E-state index contributed by atoms with van der Waals surface area (Å²) in [7, 11) is 0. The van der Waals surface area contributed by atoms with Gasteiger partial charge in [0.25, 0.3) is 0 Å². The van der Waals surface area contributed by atoms with Crippen LogP contribution >= 0.6 is 11.6 Å². The van der Waals surface area contributed by atoms with Crippen molar-refractivity contribution in [1.29, 1.82) is 0 Å². The highest BCUT2D eigenvalue weighted by atomic mass is 35.5. The Hall–Kier alpha value is -2.00. The van der Waals surface area contributed by atoms with Crippen LogP contribution in [-0.4, -0.2) is 14.9 Å². The highest BCUT2D eigenvalue weighted by molar-refractivity contribution is 6.35. The molecule has 0 atom stereocenters. The van der Waals surface area contributed by atoms with Crippen LogP contribution in [-0.2, 0) is 0 Å². The predicted octanol–water partition coefficient (Wildman–Crippen LogP) is 3.59. The summed E-state index contributed by atoms with van der Waals surface area (Å²) in [5.74, 6) is 0. The zero-order valence-corrected chi connectivity index (χ0v) is 9.59. The molecule has 0 saturated carbocycles. The van der Waals surface area contributed by atoms with Crippen molar-refractivity contribution in [2.45, 2.75) is 0 Å². The SMILES string of the molecule is On1c(-c2ccccc2)cc2c(Cl)ccnc21. The zero-order valence-electron chi connectivity index (χ0n) is 8.84. The fourth-order valence-electron chi connectivity index (χ4n) is 1.87. The van der Waals surface area contributed by atoms with Gasteiger partial charge in [0.1, 0.15) is 0 Å². The van der Waals surface area contributed by atoms with Crippen LogP contribution < -0.4 is 0 Å². The molecule has 1 aromatic carbocycles. The van der Waals surface area contributed by atoms with Gasteiger partial charge in [0, 0.05) is 17.1 Å². The third kappa shape index (κ3) is 1.56. The lowest BCUT2D eigenvalue weighted by molar-refractivity contribution is 0.203. The normalized spacial score (nSPS) is 10.9. The molecule has 2 heterocycles. The van der Waals surface area contributed by atoms with E-state index in [0.29, 0.717) is 16.4 Å². The number of pyridine rings is 1. The molecule has 84 valence electrons. The third-order valence-electron chi connectivity index (χ3n) is 2.70. The molecule has 17 heavy (non-hydrogen) atoms. The van der Waals surface area contributed by atoms with E-state index in [9.17, 15) is 5.21 Å². The Kier molecular flexibility index (Phi) is 2.27. The molecule has 0 aliphatic heterocycles. The molecule has 0 saturated heterocycles. The topological polar surface area (TPSA) is 38.0 Å². The molecule has 1 N–H and O–H groups in total. The summed E-state index contributed by atoms with van der Waals surface area (Å²) in [6.45, 7) is 0. The van der Waals surface area contributed by atoms with Crippen LogP contribution in [0.15, 0.2) is 48.7 Å². The Morgan fingerprint density at radius 2 is 1.88 bits per heavy atom. The van der Waals surface area contributed by atoms with Crippen LogP contribution in [0, 0.1) is 0 Å². The van der Waals surface area contributed by atoms with Gasteiger partial charge in [-0.05, 0) is 12.1 Å². The maximum absolute atomic E-state index is 10.1. The first-order valence-corrected chi connectivity index (χ1v) is 5.56. The highest BCUT2D eigenvalue weighted by Crippen LogP contribution is 2.29. The largest absolute Gasteiger partial charge is 0.426 e. The summed E-state index contributed by atoms with van der Waals surface area (Å²) in [5, 5.41) is 11.4. The maximum atomic E-state index is 10.1. The molecule has 0 unspecified atom stereocenters. The average molecular weight is 245 g/mol. The van der Waals surface area contributed by atoms with Gasteiger partial charge in [0.05, 0.1) is 10.7 Å². The Morgan fingerprint density at radius 3 is 2.59 bits per heavy atom. The van der Waals surface area contributed by atoms with Gasteiger partial charge in [0.15, 0.2) is 5.65 Å². The Balaban J connectivity index is 2.32. The molecular weight excluding hydrogens is 236 g/mol. The van der Waals surface area contributed by atoms with Gasteiger partial charge in [-0.3, -0.25) is 0 Å². The number of halogens is 1. The second kappa shape index (κ2) is 3.79. The van der Waals surface area contributed by atoms with Crippen molar-refractivity contribution in [3.63, 3.8) is 0 Å². The molecule has 0 aliphatic rings. The van der Waals surface area contributed by atoms with Crippen LogP contribution in [0.2, 0.25) is 5.02 Å². The molecule has 3 nitrogen and oxygen atoms in total. The molecule has 2 aromatic heterocycles. The van der Waals surface area contributed by atoms with Gasteiger partial charge in [0.2, 0.25) is 0 Å². The van der Waals surface area contributed by atoms with Gasteiger partial charge in [-0.15, -0.1) is 0 Å². The standard InChI is InChI=1S/C13H9ClN2O/c14-11-6-7-15-13-10(11)8-12(16(13)17)9-4-2-1-3-5-9/h1-8,17H. The fraction of sp³-hybridized carbons (Fsp3) is 0. The lowest BCUT2D eigenvalue weighted by Crippen LogP contribution is -1.94. The summed E-state index contributed by atoms with van der Waals surface area (Å²) in [4.78, 5) is 4.12. The number of hydrogen-bond acceptors (Lipinski definition) is 2. The van der Waals surface area contributed by atoms with E-state index in [2.05, 4.69) is 4.98 Å². The predicted molar refractivity (Wildman–Crippen MR) is 67.4 cm³/mol. The number of aromatic nitrogens is 2. The first-order valence-electron chi connectivity index (χ1n) is 5.18. The zero-order chi connectivity index (χ0) is 11.8. The lowest BCUT2D eigenvalue weighted by atomic mass is 10.1.